The summed E-state index contributed by atoms with van der Waals surface area (Å²) in [6, 6.07) is 11.1. The van der Waals surface area contributed by atoms with Crippen LogP contribution in [0.25, 0.3) is 0 Å². The predicted molar refractivity (Wildman–Crippen MR) is 81.8 cm³/mol. The third-order valence-corrected chi connectivity index (χ3v) is 4.34. The Bertz CT molecular complexity index is 566. The summed E-state index contributed by atoms with van der Waals surface area (Å²) in [6.07, 6.45) is 1.89. The zero-order valence-electron chi connectivity index (χ0n) is 11.9. The molecule has 1 aromatic heterocycles. The highest BCUT2D eigenvalue weighted by Crippen LogP contribution is 2.30. The van der Waals surface area contributed by atoms with Crippen LogP contribution in [0.3, 0.4) is 0 Å². The van der Waals surface area contributed by atoms with Crippen LogP contribution in [-0.4, -0.2) is 12.0 Å². The number of nitrogens with one attached hydrogen (secondary N) is 1. The maximum Gasteiger partial charge on any atom is 0.101 e. The van der Waals surface area contributed by atoms with Crippen LogP contribution < -0.4 is 5.32 Å². The summed E-state index contributed by atoms with van der Waals surface area (Å²) >= 11 is 1.73. The molecule has 2 rings (SSSR count). The molecular formula is C16H20N2S. The molecule has 100 valence electrons. The van der Waals surface area contributed by atoms with E-state index >= 15 is 0 Å². The molecule has 0 amide bonds. The minimum atomic E-state index is 0.348. The molecule has 0 aliphatic rings. The van der Waals surface area contributed by atoms with Crippen LogP contribution in [-0.2, 0) is 0 Å². The van der Waals surface area contributed by atoms with Crippen LogP contribution in [0.5, 0.6) is 0 Å². The zero-order valence-corrected chi connectivity index (χ0v) is 12.7. The molecule has 0 bridgehead atoms. The quantitative estimate of drug-likeness (QED) is 0.906. The summed E-state index contributed by atoms with van der Waals surface area (Å²) in [5.74, 6) is 0. The van der Waals surface area contributed by atoms with E-state index in [0.717, 1.165) is 5.03 Å². The van der Waals surface area contributed by atoms with Gasteiger partial charge in [-0.2, -0.15) is 0 Å². The molecule has 3 heteroatoms. The summed E-state index contributed by atoms with van der Waals surface area (Å²) in [7, 11) is 1.97. The second-order valence-corrected chi connectivity index (χ2v) is 5.87. The Kier molecular flexibility index (Phi) is 4.61. The van der Waals surface area contributed by atoms with Crippen LogP contribution >= 0.6 is 11.8 Å². The molecule has 0 saturated heterocycles. The van der Waals surface area contributed by atoms with E-state index < -0.39 is 0 Å². The Morgan fingerprint density at radius 3 is 2.68 bits per heavy atom. The minimum Gasteiger partial charge on any atom is -0.313 e. The number of aryl methyl sites for hydroxylation is 2. The third-order valence-electron chi connectivity index (χ3n) is 3.25. The molecular weight excluding hydrogens is 252 g/mol. The van der Waals surface area contributed by atoms with Crippen LogP contribution in [0.1, 0.15) is 29.7 Å². The fourth-order valence-electron chi connectivity index (χ4n) is 1.85. The number of rotatable bonds is 4. The standard InChI is InChI=1S/C16H20N2S/c1-11-5-6-12(2)15(9-11)19-16-10-14(7-8-18-16)13(3)17-4/h5-10,13,17H,1-4H3. The van der Waals surface area contributed by atoms with E-state index in [1.54, 1.807) is 11.8 Å². The molecule has 1 unspecified atom stereocenters. The van der Waals surface area contributed by atoms with E-state index in [1.165, 1.54) is 21.6 Å². The first-order chi connectivity index (χ1) is 9.10. The van der Waals surface area contributed by atoms with Crippen molar-refractivity contribution in [3.8, 4) is 0 Å². The molecule has 2 aromatic rings. The second-order valence-electron chi connectivity index (χ2n) is 4.81. The number of hydrogen-bond donors (Lipinski definition) is 1. The molecule has 0 aliphatic carbocycles. The van der Waals surface area contributed by atoms with E-state index in [9.17, 15) is 0 Å². The van der Waals surface area contributed by atoms with E-state index in [2.05, 4.69) is 61.4 Å². The van der Waals surface area contributed by atoms with Crippen molar-refractivity contribution in [3.63, 3.8) is 0 Å². The van der Waals surface area contributed by atoms with Gasteiger partial charge in [0.1, 0.15) is 5.03 Å². The first-order valence-corrected chi connectivity index (χ1v) is 7.30. The van der Waals surface area contributed by atoms with Gasteiger partial charge in [-0.25, -0.2) is 4.98 Å². The summed E-state index contributed by atoms with van der Waals surface area (Å²) in [6.45, 7) is 6.42. The van der Waals surface area contributed by atoms with Gasteiger partial charge in [-0.3, -0.25) is 0 Å². The van der Waals surface area contributed by atoms with Gasteiger partial charge in [0.05, 0.1) is 0 Å². The molecule has 1 N–H and O–H groups in total. The van der Waals surface area contributed by atoms with Gasteiger partial charge >= 0.3 is 0 Å². The third kappa shape index (κ3) is 3.58. The average Bonchev–Trinajstić information content (AvgIpc) is 2.42. The minimum absolute atomic E-state index is 0.348. The summed E-state index contributed by atoms with van der Waals surface area (Å²) in [5.41, 5.74) is 3.85. The van der Waals surface area contributed by atoms with Crippen molar-refractivity contribution in [3.05, 3.63) is 53.2 Å². The van der Waals surface area contributed by atoms with Gasteiger partial charge in [-0.1, -0.05) is 23.9 Å². The molecule has 1 aromatic carbocycles. The monoisotopic (exact) mass is 272 g/mol. The number of benzene rings is 1. The zero-order chi connectivity index (χ0) is 13.8. The normalized spacial score (nSPS) is 12.4. The van der Waals surface area contributed by atoms with E-state index in [4.69, 9.17) is 0 Å². The van der Waals surface area contributed by atoms with E-state index in [0.29, 0.717) is 6.04 Å². The lowest BCUT2D eigenvalue weighted by atomic mass is 10.1. The van der Waals surface area contributed by atoms with Crippen LogP contribution in [0.15, 0.2) is 46.5 Å². The van der Waals surface area contributed by atoms with Gasteiger partial charge in [0.15, 0.2) is 0 Å². The molecule has 0 aliphatic heterocycles. The number of nitrogens with zero attached hydrogens (tertiary/aromatic N) is 1. The second kappa shape index (κ2) is 6.22. The fourth-order valence-corrected chi connectivity index (χ4v) is 2.85. The molecule has 0 fully saturated rings. The maximum atomic E-state index is 4.46. The molecule has 0 spiro atoms. The lowest BCUT2D eigenvalue weighted by Gasteiger charge is -2.12. The van der Waals surface area contributed by atoms with Crippen LogP contribution in [0.2, 0.25) is 0 Å². The molecule has 1 heterocycles. The Morgan fingerprint density at radius 1 is 1.16 bits per heavy atom. The van der Waals surface area contributed by atoms with E-state index in [-0.39, 0.29) is 0 Å². The number of hydrogen-bond acceptors (Lipinski definition) is 3. The highest BCUT2D eigenvalue weighted by molar-refractivity contribution is 7.99. The predicted octanol–water partition coefficient (Wildman–Crippen LogP) is 4.13. The van der Waals surface area contributed by atoms with Crippen molar-refractivity contribution in [1.29, 1.82) is 0 Å². The molecule has 1 atom stereocenters. The van der Waals surface area contributed by atoms with Gasteiger partial charge in [0.2, 0.25) is 0 Å². The largest absolute Gasteiger partial charge is 0.313 e. The van der Waals surface area contributed by atoms with Gasteiger partial charge in [-0.15, -0.1) is 0 Å². The van der Waals surface area contributed by atoms with Gasteiger partial charge in [-0.05, 0) is 62.7 Å². The number of aromatic nitrogens is 1. The van der Waals surface area contributed by atoms with Crippen molar-refractivity contribution in [2.75, 3.05) is 7.05 Å². The Labute approximate surface area is 119 Å². The van der Waals surface area contributed by atoms with Gasteiger partial charge in [0, 0.05) is 17.1 Å². The molecule has 0 radical (unpaired) electrons. The number of pyridine rings is 1. The van der Waals surface area contributed by atoms with E-state index in [1.807, 2.05) is 13.2 Å². The Balaban J connectivity index is 2.26. The van der Waals surface area contributed by atoms with Crippen molar-refractivity contribution in [2.45, 2.75) is 36.7 Å². The highest BCUT2D eigenvalue weighted by Gasteiger charge is 2.07. The summed E-state index contributed by atoms with van der Waals surface area (Å²) < 4.78 is 0. The van der Waals surface area contributed by atoms with Crippen LogP contribution in [0, 0.1) is 13.8 Å². The molecule has 0 saturated carbocycles. The fraction of sp³-hybridized carbons (Fsp3) is 0.312. The van der Waals surface area contributed by atoms with Gasteiger partial charge in [0.25, 0.3) is 0 Å². The first-order valence-electron chi connectivity index (χ1n) is 6.48. The van der Waals surface area contributed by atoms with Crippen molar-refractivity contribution < 1.29 is 0 Å². The summed E-state index contributed by atoms with van der Waals surface area (Å²) in [4.78, 5) is 5.74. The molecule has 19 heavy (non-hydrogen) atoms. The van der Waals surface area contributed by atoms with Crippen LogP contribution in [0.4, 0.5) is 0 Å². The topological polar surface area (TPSA) is 24.9 Å². The first kappa shape index (κ1) is 14.1. The highest BCUT2D eigenvalue weighted by atomic mass is 32.2. The van der Waals surface area contributed by atoms with Crippen molar-refractivity contribution in [2.24, 2.45) is 0 Å². The molecule has 2 nitrogen and oxygen atoms in total. The maximum absolute atomic E-state index is 4.46. The van der Waals surface area contributed by atoms with Gasteiger partial charge < -0.3 is 5.32 Å². The lowest BCUT2D eigenvalue weighted by Crippen LogP contribution is -2.12. The Hall–Kier alpha value is -1.32. The average molecular weight is 272 g/mol. The summed E-state index contributed by atoms with van der Waals surface area (Å²) in [5, 5.41) is 4.31. The van der Waals surface area contributed by atoms with Crippen molar-refractivity contribution >= 4 is 11.8 Å². The SMILES string of the molecule is CNC(C)c1ccnc(Sc2cc(C)ccc2C)c1. The Morgan fingerprint density at radius 2 is 1.95 bits per heavy atom. The lowest BCUT2D eigenvalue weighted by molar-refractivity contribution is 0.649. The van der Waals surface area contributed by atoms with Crippen molar-refractivity contribution in [1.82, 2.24) is 10.3 Å². The smallest absolute Gasteiger partial charge is 0.101 e.